The molecule has 1 fully saturated rings. The second kappa shape index (κ2) is 3.38. The van der Waals surface area contributed by atoms with Crippen molar-refractivity contribution >= 4 is 18.1 Å². The van der Waals surface area contributed by atoms with Gasteiger partial charge >= 0.3 is 0 Å². The van der Waals surface area contributed by atoms with Gasteiger partial charge < -0.3 is 10.3 Å². The lowest BCUT2D eigenvalue weighted by atomic mass is 10.4. The van der Waals surface area contributed by atoms with Gasteiger partial charge in [-0.2, -0.15) is 0 Å². The first-order chi connectivity index (χ1) is 5.70. The molecule has 13 heavy (non-hydrogen) atoms. The average Bonchev–Trinajstić information content (AvgIpc) is 2.73. The van der Waals surface area contributed by atoms with Gasteiger partial charge in [0.15, 0.2) is 0 Å². The molecule has 1 aliphatic carbocycles. The highest BCUT2D eigenvalue weighted by atomic mass is 35.5. The molecule has 0 amide bonds. The Bertz CT molecular complexity index is 365. The van der Waals surface area contributed by atoms with Crippen LogP contribution in [0.2, 0.25) is 0 Å². The lowest BCUT2D eigenvalue weighted by Gasteiger charge is -2.02. The number of aromatic nitrogens is 1. The van der Waals surface area contributed by atoms with Gasteiger partial charge in [-0.1, -0.05) is 0 Å². The van der Waals surface area contributed by atoms with E-state index in [2.05, 4.69) is 0 Å². The summed E-state index contributed by atoms with van der Waals surface area (Å²) in [5, 5.41) is 0. The van der Waals surface area contributed by atoms with Crippen LogP contribution in [0.25, 0.3) is 0 Å². The molecule has 2 atom stereocenters. The lowest BCUT2D eigenvalue weighted by Crippen LogP contribution is -2.21. The first-order valence-corrected chi connectivity index (χ1v) is 3.81. The zero-order valence-electron chi connectivity index (χ0n) is 6.81. The Labute approximate surface area is 80.8 Å². The predicted octanol–water partition coefficient (Wildman–Crippen LogP) is 1.14. The Morgan fingerprint density at radius 1 is 1.62 bits per heavy atom. The van der Waals surface area contributed by atoms with Gasteiger partial charge in [-0.15, -0.1) is 12.4 Å². The van der Waals surface area contributed by atoms with Crippen LogP contribution in [-0.2, 0) is 0 Å². The van der Waals surface area contributed by atoms with E-state index in [-0.39, 0.29) is 29.7 Å². The van der Waals surface area contributed by atoms with Crippen LogP contribution in [0.1, 0.15) is 12.5 Å². The van der Waals surface area contributed by atoms with Crippen LogP contribution in [0.15, 0.2) is 23.1 Å². The van der Waals surface area contributed by atoms with Crippen molar-refractivity contribution in [1.29, 1.82) is 0 Å². The van der Waals surface area contributed by atoms with E-state index in [9.17, 15) is 9.18 Å². The quantitative estimate of drug-likeness (QED) is 0.746. The molecule has 0 spiro atoms. The Balaban J connectivity index is 0.000000845. The van der Waals surface area contributed by atoms with Crippen LogP contribution in [0, 0.1) is 0 Å². The second-order valence-corrected chi connectivity index (χ2v) is 2.99. The fourth-order valence-electron chi connectivity index (χ4n) is 1.23. The van der Waals surface area contributed by atoms with Crippen molar-refractivity contribution < 1.29 is 4.39 Å². The van der Waals surface area contributed by atoms with E-state index in [1.807, 2.05) is 0 Å². The van der Waals surface area contributed by atoms with Gasteiger partial charge in [-0.05, 0) is 12.1 Å². The first-order valence-electron chi connectivity index (χ1n) is 3.81. The zero-order valence-corrected chi connectivity index (χ0v) is 7.63. The minimum absolute atomic E-state index is 0. The van der Waals surface area contributed by atoms with Crippen LogP contribution >= 0.6 is 12.4 Å². The smallest absolute Gasteiger partial charge is 0.274 e. The van der Waals surface area contributed by atoms with Gasteiger partial charge in [0.05, 0.1) is 11.7 Å². The molecular formula is C8H10ClFN2O. The van der Waals surface area contributed by atoms with Gasteiger partial charge in [0, 0.05) is 12.6 Å². The van der Waals surface area contributed by atoms with E-state index in [4.69, 9.17) is 5.73 Å². The van der Waals surface area contributed by atoms with Crippen molar-refractivity contribution in [3.05, 3.63) is 28.7 Å². The number of hydrogen-bond acceptors (Lipinski definition) is 2. The van der Waals surface area contributed by atoms with Crippen molar-refractivity contribution in [3.63, 3.8) is 0 Å². The highest BCUT2D eigenvalue weighted by Crippen LogP contribution is 2.37. The molecule has 1 aromatic rings. The number of anilines is 1. The molecule has 0 radical (unpaired) electrons. The summed E-state index contributed by atoms with van der Waals surface area (Å²) in [6, 6.07) is 2.90. The van der Waals surface area contributed by atoms with Crippen molar-refractivity contribution in [1.82, 2.24) is 4.57 Å². The van der Waals surface area contributed by atoms with Gasteiger partial charge in [0.2, 0.25) is 0 Å². The molecule has 2 N–H and O–H groups in total. The van der Waals surface area contributed by atoms with Gasteiger partial charge in [0.25, 0.3) is 5.56 Å². The van der Waals surface area contributed by atoms with Crippen LogP contribution in [0.5, 0.6) is 0 Å². The minimum atomic E-state index is -0.871. The molecule has 0 aromatic carbocycles. The molecule has 3 nitrogen and oxygen atoms in total. The van der Waals surface area contributed by atoms with E-state index in [1.165, 1.54) is 10.6 Å². The molecule has 0 aliphatic heterocycles. The summed E-state index contributed by atoms with van der Waals surface area (Å²) < 4.78 is 13.9. The average molecular weight is 205 g/mol. The molecule has 5 heteroatoms. The maximum Gasteiger partial charge on any atom is 0.274 e. The predicted molar refractivity (Wildman–Crippen MR) is 50.9 cm³/mol. The summed E-state index contributed by atoms with van der Waals surface area (Å²) in [4.78, 5) is 11.3. The lowest BCUT2D eigenvalue weighted by molar-refractivity contribution is 0.438. The maximum absolute atomic E-state index is 12.6. The van der Waals surface area contributed by atoms with E-state index in [0.717, 1.165) is 0 Å². The normalized spacial score (nSPS) is 25.0. The van der Waals surface area contributed by atoms with Gasteiger partial charge in [0.1, 0.15) is 6.17 Å². The third-order valence-electron chi connectivity index (χ3n) is 2.04. The van der Waals surface area contributed by atoms with E-state index < -0.39 is 6.17 Å². The van der Waals surface area contributed by atoms with E-state index in [0.29, 0.717) is 6.42 Å². The molecule has 0 unspecified atom stereocenters. The van der Waals surface area contributed by atoms with Crippen molar-refractivity contribution in [3.8, 4) is 0 Å². The standard InChI is InChI=1S/C8H9FN2O.ClH/c9-5-4-7(5)11-3-1-2-6(10)8(11)12;/h1-3,5,7H,4,10H2;1H/t5-,7-;/m1./s1. The topological polar surface area (TPSA) is 48.0 Å². The van der Waals surface area contributed by atoms with Crippen molar-refractivity contribution in [2.24, 2.45) is 0 Å². The summed E-state index contributed by atoms with van der Waals surface area (Å²) in [5.41, 5.74) is 5.26. The van der Waals surface area contributed by atoms with Crippen LogP contribution < -0.4 is 11.3 Å². The molecule has 1 saturated carbocycles. The second-order valence-electron chi connectivity index (χ2n) is 2.99. The van der Waals surface area contributed by atoms with Crippen LogP contribution in [0.3, 0.4) is 0 Å². The number of alkyl halides is 1. The zero-order chi connectivity index (χ0) is 8.72. The fourth-order valence-corrected chi connectivity index (χ4v) is 1.23. The number of rotatable bonds is 1. The first kappa shape index (κ1) is 10.1. The third kappa shape index (κ3) is 1.67. The Hall–Kier alpha value is -1.03. The number of nitrogen functional groups attached to an aromatic ring is 1. The highest BCUT2D eigenvalue weighted by Gasteiger charge is 2.39. The molecule has 0 bridgehead atoms. The summed E-state index contributed by atoms with van der Waals surface area (Å²) in [5.74, 6) is 0. The maximum atomic E-state index is 12.6. The molecule has 1 aromatic heterocycles. The summed E-state index contributed by atoms with van der Waals surface area (Å²) >= 11 is 0. The minimum Gasteiger partial charge on any atom is -0.394 e. The highest BCUT2D eigenvalue weighted by molar-refractivity contribution is 5.85. The molecule has 1 aliphatic rings. The molecule has 72 valence electrons. The summed E-state index contributed by atoms with van der Waals surface area (Å²) in [6.45, 7) is 0. The van der Waals surface area contributed by atoms with Gasteiger partial charge in [-0.3, -0.25) is 4.79 Å². The largest absolute Gasteiger partial charge is 0.394 e. The Morgan fingerprint density at radius 3 is 2.77 bits per heavy atom. The monoisotopic (exact) mass is 204 g/mol. The summed E-state index contributed by atoms with van der Waals surface area (Å²) in [7, 11) is 0. The number of nitrogens with zero attached hydrogens (tertiary/aromatic N) is 1. The fraction of sp³-hybridized carbons (Fsp3) is 0.375. The number of pyridine rings is 1. The molecule has 1 heterocycles. The number of nitrogens with two attached hydrogens (primary N) is 1. The third-order valence-corrected chi connectivity index (χ3v) is 2.04. The van der Waals surface area contributed by atoms with Gasteiger partial charge in [-0.25, -0.2) is 4.39 Å². The molecule has 0 saturated heterocycles. The Kier molecular flexibility index (Phi) is 2.61. The SMILES string of the molecule is Cl.Nc1cccn([C@@H]2C[C@H]2F)c1=O. The van der Waals surface area contributed by atoms with E-state index in [1.54, 1.807) is 12.3 Å². The Morgan fingerprint density at radius 2 is 2.23 bits per heavy atom. The van der Waals surface area contributed by atoms with Crippen molar-refractivity contribution in [2.45, 2.75) is 18.6 Å². The molecular weight excluding hydrogens is 195 g/mol. The van der Waals surface area contributed by atoms with Crippen molar-refractivity contribution in [2.75, 3.05) is 5.73 Å². The van der Waals surface area contributed by atoms with E-state index >= 15 is 0 Å². The number of hydrogen-bond donors (Lipinski definition) is 1. The summed E-state index contributed by atoms with van der Waals surface area (Å²) in [6.07, 6.45) is 1.14. The van der Waals surface area contributed by atoms with Crippen LogP contribution in [0.4, 0.5) is 10.1 Å². The van der Waals surface area contributed by atoms with Crippen LogP contribution in [-0.4, -0.2) is 10.7 Å². The number of halogens is 2. The molecule has 2 rings (SSSR count).